The molecule has 9 heteroatoms. The van der Waals surface area contributed by atoms with E-state index in [0.717, 1.165) is 6.26 Å². The number of rotatable bonds is 7. The van der Waals surface area contributed by atoms with Gasteiger partial charge in [0.1, 0.15) is 5.69 Å². The number of esters is 1. The van der Waals surface area contributed by atoms with Gasteiger partial charge in [0.25, 0.3) is 5.91 Å². The summed E-state index contributed by atoms with van der Waals surface area (Å²) >= 11 is 0. The first-order valence-corrected chi connectivity index (χ1v) is 10.7. The zero-order chi connectivity index (χ0) is 21.1. The molecule has 0 aliphatic rings. The molecule has 2 aromatic rings. The number of hydrogen-bond donors (Lipinski definition) is 3. The number of para-hydroxylation sites is 1. The first-order valence-electron chi connectivity index (χ1n) is 8.76. The molecule has 1 aromatic heterocycles. The van der Waals surface area contributed by atoms with E-state index in [0.29, 0.717) is 34.5 Å². The predicted octanol–water partition coefficient (Wildman–Crippen LogP) is 2.53. The van der Waals surface area contributed by atoms with Gasteiger partial charge in [0, 0.05) is 5.69 Å². The molecule has 1 heterocycles. The van der Waals surface area contributed by atoms with E-state index in [-0.39, 0.29) is 5.69 Å². The van der Waals surface area contributed by atoms with Crippen molar-refractivity contribution in [1.29, 1.82) is 0 Å². The second kappa shape index (κ2) is 8.47. The number of carbonyl (C=O) groups is 2. The molecule has 0 saturated heterocycles. The van der Waals surface area contributed by atoms with Gasteiger partial charge in [0.05, 0.1) is 30.7 Å². The molecule has 1 unspecified atom stereocenters. The molecule has 1 amide bonds. The molecule has 0 spiro atoms. The van der Waals surface area contributed by atoms with Crippen LogP contribution in [-0.4, -0.2) is 38.6 Å². The van der Waals surface area contributed by atoms with Gasteiger partial charge in [-0.15, -0.1) is 0 Å². The molecule has 152 valence electrons. The Morgan fingerprint density at radius 3 is 2.46 bits per heavy atom. The first-order chi connectivity index (χ1) is 13.1. The fourth-order valence-electron chi connectivity index (χ4n) is 3.04. The number of aromatic amines is 1. The number of sulfonamides is 1. The molecule has 0 fully saturated rings. The summed E-state index contributed by atoms with van der Waals surface area (Å²) < 4.78 is 30.4. The van der Waals surface area contributed by atoms with Crippen molar-refractivity contribution >= 4 is 27.6 Å². The van der Waals surface area contributed by atoms with E-state index in [1.165, 1.54) is 7.11 Å². The van der Waals surface area contributed by atoms with Crippen molar-refractivity contribution in [3.8, 4) is 0 Å². The zero-order valence-corrected chi connectivity index (χ0v) is 17.4. The number of methoxy groups -OCH3 is 1. The van der Waals surface area contributed by atoms with Crippen LogP contribution in [0.3, 0.4) is 0 Å². The Morgan fingerprint density at radius 2 is 1.89 bits per heavy atom. The van der Waals surface area contributed by atoms with Crippen molar-refractivity contribution in [2.24, 2.45) is 0 Å². The van der Waals surface area contributed by atoms with Crippen LogP contribution in [0.1, 0.15) is 57.6 Å². The van der Waals surface area contributed by atoms with Gasteiger partial charge >= 0.3 is 5.97 Å². The average Bonchev–Trinajstić information content (AvgIpc) is 2.96. The molecule has 3 N–H and O–H groups in total. The molecule has 1 atom stereocenters. The number of nitrogens with one attached hydrogen (secondary N) is 3. The third kappa shape index (κ3) is 4.72. The maximum Gasteiger partial charge on any atom is 0.339 e. The highest BCUT2D eigenvalue weighted by atomic mass is 32.2. The molecule has 1 aromatic carbocycles. The van der Waals surface area contributed by atoms with Crippen LogP contribution in [0.2, 0.25) is 0 Å². The summed E-state index contributed by atoms with van der Waals surface area (Å²) in [6.45, 7) is 5.30. The summed E-state index contributed by atoms with van der Waals surface area (Å²) in [5.41, 5.74) is 2.79. The van der Waals surface area contributed by atoms with Crippen LogP contribution in [0.25, 0.3) is 0 Å². The SMILES string of the molecule is CCc1[nH]c(C(=O)NC(C)c2ccccc2NS(C)(=O)=O)c(C)c1C(=O)OC. The van der Waals surface area contributed by atoms with Crippen LogP contribution in [0.4, 0.5) is 5.69 Å². The van der Waals surface area contributed by atoms with Crippen LogP contribution in [-0.2, 0) is 21.2 Å². The fraction of sp³-hybridized carbons (Fsp3) is 0.368. The second-order valence-electron chi connectivity index (χ2n) is 6.48. The Hall–Kier alpha value is -2.81. The minimum Gasteiger partial charge on any atom is -0.465 e. The van der Waals surface area contributed by atoms with Gasteiger partial charge in [-0.3, -0.25) is 9.52 Å². The number of amides is 1. The van der Waals surface area contributed by atoms with Gasteiger partial charge < -0.3 is 15.0 Å². The number of carbonyl (C=O) groups excluding carboxylic acids is 2. The van der Waals surface area contributed by atoms with Crippen LogP contribution >= 0.6 is 0 Å². The van der Waals surface area contributed by atoms with E-state index >= 15 is 0 Å². The zero-order valence-electron chi connectivity index (χ0n) is 16.5. The summed E-state index contributed by atoms with van der Waals surface area (Å²) in [6.07, 6.45) is 1.60. The minimum atomic E-state index is -3.46. The summed E-state index contributed by atoms with van der Waals surface area (Å²) in [4.78, 5) is 27.8. The fourth-order valence-corrected chi connectivity index (χ4v) is 3.63. The second-order valence-corrected chi connectivity index (χ2v) is 8.23. The maximum absolute atomic E-state index is 12.8. The highest BCUT2D eigenvalue weighted by Crippen LogP contribution is 2.25. The number of aryl methyl sites for hydroxylation is 1. The number of ether oxygens (including phenoxy) is 1. The largest absolute Gasteiger partial charge is 0.465 e. The molecular formula is C19H25N3O5S. The summed E-state index contributed by atoms with van der Waals surface area (Å²) in [7, 11) is -2.17. The van der Waals surface area contributed by atoms with Gasteiger partial charge in [-0.2, -0.15) is 0 Å². The van der Waals surface area contributed by atoms with E-state index in [1.54, 1.807) is 38.1 Å². The van der Waals surface area contributed by atoms with Gasteiger partial charge in [-0.05, 0) is 37.5 Å². The van der Waals surface area contributed by atoms with Crippen LogP contribution < -0.4 is 10.0 Å². The number of aromatic nitrogens is 1. The Kier molecular flexibility index (Phi) is 6.50. The Balaban J connectivity index is 2.32. The lowest BCUT2D eigenvalue weighted by molar-refractivity contribution is 0.0599. The number of hydrogen-bond acceptors (Lipinski definition) is 5. The Bertz CT molecular complexity index is 995. The molecule has 0 aliphatic heterocycles. The molecule has 0 bridgehead atoms. The van der Waals surface area contributed by atoms with Crippen molar-refractivity contribution in [3.63, 3.8) is 0 Å². The minimum absolute atomic E-state index is 0.276. The summed E-state index contributed by atoms with van der Waals surface area (Å²) in [5.74, 6) is -0.899. The lowest BCUT2D eigenvalue weighted by Gasteiger charge is -2.18. The molecule has 28 heavy (non-hydrogen) atoms. The topological polar surface area (TPSA) is 117 Å². The first kappa shape index (κ1) is 21.5. The smallest absolute Gasteiger partial charge is 0.339 e. The quantitative estimate of drug-likeness (QED) is 0.610. The van der Waals surface area contributed by atoms with Crippen molar-refractivity contribution in [1.82, 2.24) is 10.3 Å². The third-order valence-electron chi connectivity index (χ3n) is 4.37. The van der Waals surface area contributed by atoms with Crippen molar-refractivity contribution in [2.45, 2.75) is 33.2 Å². The maximum atomic E-state index is 12.8. The highest BCUT2D eigenvalue weighted by Gasteiger charge is 2.25. The summed E-state index contributed by atoms with van der Waals surface area (Å²) in [6, 6.07) is 6.35. The van der Waals surface area contributed by atoms with Crippen molar-refractivity contribution < 1.29 is 22.7 Å². The van der Waals surface area contributed by atoms with Crippen LogP contribution in [0.15, 0.2) is 24.3 Å². The number of benzene rings is 1. The third-order valence-corrected chi connectivity index (χ3v) is 4.96. The van der Waals surface area contributed by atoms with Gasteiger partial charge in [0.15, 0.2) is 0 Å². The highest BCUT2D eigenvalue weighted by molar-refractivity contribution is 7.92. The van der Waals surface area contributed by atoms with E-state index < -0.39 is 27.9 Å². The lowest BCUT2D eigenvalue weighted by atomic mass is 10.1. The van der Waals surface area contributed by atoms with Gasteiger partial charge in [0.2, 0.25) is 10.0 Å². The molecule has 8 nitrogen and oxygen atoms in total. The normalized spacial score (nSPS) is 12.3. The van der Waals surface area contributed by atoms with Gasteiger partial charge in [-0.1, -0.05) is 25.1 Å². The average molecular weight is 407 g/mol. The van der Waals surface area contributed by atoms with Crippen LogP contribution in [0.5, 0.6) is 0 Å². The lowest BCUT2D eigenvalue weighted by Crippen LogP contribution is -2.28. The standard InChI is InChI=1S/C19H25N3O5S/c1-6-14-16(19(24)27-4)11(2)17(21-14)18(23)20-12(3)13-9-7-8-10-15(13)22-28(5,25)26/h7-10,12,21-22H,6H2,1-5H3,(H,20,23). The number of H-pyrrole nitrogens is 1. The van der Waals surface area contributed by atoms with Gasteiger partial charge in [-0.25, -0.2) is 13.2 Å². The van der Waals surface area contributed by atoms with E-state index in [1.807, 2.05) is 6.92 Å². The Labute approximate surface area is 164 Å². The molecule has 0 radical (unpaired) electrons. The van der Waals surface area contributed by atoms with E-state index in [2.05, 4.69) is 15.0 Å². The Morgan fingerprint density at radius 1 is 1.25 bits per heavy atom. The van der Waals surface area contributed by atoms with Crippen molar-refractivity contribution in [3.05, 3.63) is 52.3 Å². The van der Waals surface area contributed by atoms with Crippen LogP contribution in [0, 0.1) is 6.92 Å². The van der Waals surface area contributed by atoms with E-state index in [4.69, 9.17) is 4.74 Å². The molecule has 0 saturated carbocycles. The monoisotopic (exact) mass is 407 g/mol. The van der Waals surface area contributed by atoms with Crippen molar-refractivity contribution in [2.75, 3.05) is 18.1 Å². The van der Waals surface area contributed by atoms with E-state index in [9.17, 15) is 18.0 Å². The summed E-state index contributed by atoms with van der Waals surface area (Å²) in [5, 5.41) is 2.84. The molecular weight excluding hydrogens is 382 g/mol. The number of anilines is 1. The molecule has 0 aliphatic carbocycles. The predicted molar refractivity (Wildman–Crippen MR) is 107 cm³/mol. The molecule has 2 rings (SSSR count).